The molecule has 1 aromatic rings. The van der Waals surface area contributed by atoms with E-state index in [1.165, 1.54) is 29.9 Å². The molecule has 1 aromatic carbocycles. The van der Waals surface area contributed by atoms with Crippen LogP contribution in [0, 0.1) is 27.4 Å². The van der Waals surface area contributed by atoms with Crippen molar-refractivity contribution in [3.05, 3.63) is 33.9 Å². The molecule has 6 nitrogen and oxygen atoms in total. The Labute approximate surface area is 146 Å². The lowest BCUT2D eigenvalue weighted by Crippen LogP contribution is -2.31. The molecule has 0 aliphatic heterocycles. The van der Waals surface area contributed by atoms with Gasteiger partial charge < -0.3 is 4.90 Å². The van der Waals surface area contributed by atoms with E-state index in [4.69, 9.17) is 5.26 Å². The van der Waals surface area contributed by atoms with Crippen molar-refractivity contribution in [1.82, 2.24) is 4.90 Å². The highest BCUT2D eigenvalue weighted by atomic mass is 32.2. The minimum absolute atomic E-state index is 0.0872. The maximum Gasteiger partial charge on any atom is 0.270 e. The maximum absolute atomic E-state index is 12.7. The summed E-state index contributed by atoms with van der Waals surface area (Å²) in [6.45, 7) is 2.04. The summed E-state index contributed by atoms with van der Waals surface area (Å²) in [5.74, 6) is -0.565. The van der Waals surface area contributed by atoms with Gasteiger partial charge in [0.2, 0.25) is 0 Å². The number of amides is 1. The van der Waals surface area contributed by atoms with Crippen LogP contribution >= 0.6 is 11.8 Å². The first-order valence-electron chi connectivity index (χ1n) is 8.02. The number of carbonyl (C=O) groups is 1. The van der Waals surface area contributed by atoms with E-state index >= 15 is 0 Å². The number of nitriles is 1. The number of nitro benzene ring substituents is 1. The third-order valence-electron chi connectivity index (χ3n) is 4.12. The first-order valence-corrected chi connectivity index (χ1v) is 8.90. The highest BCUT2D eigenvalue weighted by Gasteiger charge is 2.24. The summed E-state index contributed by atoms with van der Waals surface area (Å²) >= 11 is 1.63. The topological polar surface area (TPSA) is 87.2 Å². The number of hydrogen-bond acceptors (Lipinski definition) is 5. The number of nitro groups is 1. The van der Waals surface area contributed by atoms with E-state index in [9.17, 15) is 14.9 Å². The van der Waals surface area contributed by atoms with Gasteiger partial charge in [0.15, 0.2) is 0 Å². The molecule has 0 saturated heterocycles. The number of hydrogen-bond donors (Lipinski definition) is 0. The van der Waals surface area contributed by atoms with Crippen LogP contribution in [0.4, 0.5) is 5.69 Å². The van der Waals surface area contributed by atoms with Crippen molar-refractivity contribution in [3.63, 3.8) is 0 Å². The standard InChI is InChI=1S/C17H21N3O3S/c1-12(10-18)11-19(2)17(21)15-9-13(20(22)23)7-8-16(15)24-14-5-3-4-6-14/h7-9,12,14H,3-6,11H2,1-2H3/t12-/m1/s1. The van der Waals surface area contributed by atoms with E-state index in [-0.39, 0.29) is 17.5 Å². The van der Waals surface area contributed by atoms with Crippen molar-refractivity contribution < 1.29 is 9.72 Å². The first-order chi connectivity index (χ1) is 11.4. The van der Waals surface area contributed by atoms with Crippen LogP contribution in [0.1, 0.15) is 43.0 Å². The number of non-ortho nitro benzene ring substituents is 1. The molecule has 1 saturated carbocycles. The molecule has 7 heteroatoms. The summed E-state index contributed by atoms with van der Waals surface area (Å²) in [6, 6.07) is 6.58. The van der Waals surface area contributed by atoms with Gasteiger partial charge in [-0.15, -0.1) is 11.8 Å². The molecule has 0 aromatic heterocycles. The highest BCUT2D eigenvalue weighted by Crippen LogP contribution is 2.37. The van der Waals surface area contributed by atoms with Crippen LogP contribution in [0.15, 0.2) is 23.1 Å². The Morgan fingerprint density at radius 2 is 2.17 bits per heavy atom. The van der Waals surface area contributed by atoms with Crippen molar-refractivity contribution in [2.75, 3.05) is 13.6 Å². The largest absolute Gasteiger partial charge is 0.340 e. The van der Waals surface area contributed by atoms with E-state index in [1.807, 2.05) is 0 Å². The summed E-state index contributed by atoms with van der Waals surface area (Å²) in [4.78, 5) is 25.6. The Balaban J connectivity index is 2.29. The third kappa shape index (κ3) is 4.48. The van der Waals surface area contributed by atoms with Crippen molar-refractivity contribution in [2.45, 2.75) is 42.8 Å². The average molecular weight is 347 g/mol. The molecular formula is C17H21N3O3S. The minimum atomic E-state index is -0.487. The van der Waals surface area contributed by atoms with Crippen molar-refractivity contribution in [2.24, 2.45) is 5.92 Å². The molecule has 0 N–H and O–H groups in total. The van der Waals surface area contributed by atoms with Crippen LogP contribution < -0.4 is 0 Å². The zero-order valence-corrected chi connectivity index (χ0v) is 14.7. The van der Waals surface area contributed by atoms with Gasteiger partial charge in [-0.2, -0.15) is 5.26 Å². The van der Waals surface area contributed by atoms with Crippen LogP contribution in [-0.4, -0.2) is 34.6 Å². The normalized spacial score (nSPS) is 15.7. The van der Waals surface area contributed by atoms with E-state index in [0.29, 0.717) is 17.4 Å². The Morgan fingerprint density at radius 1 is 1.50 bits per heavy atom. The fourth-order valence-electron chi connectivity index (χ4n) is 2.83. The van der Waals surface area contributed by atoms with Gasteiger partial charge in [0.05, 0.1) is 22.5 Å². The molecule has 1 aliphatic rings. The monoisotopic (exact) mass is 347 g/mol. The lowest BCUT2D eigenvalue weighted by Gasteiger charge is -2.20. The number of thioether (sulfide) groups is 1. The van der Waals surface area contributed by atoms with E-state index in [0.717, 1.165) is 17.7 Å². The SMILES string of the molecule is C[C@H](C#N)CN(C)C(=O)c1cc([N+](=O)[O-])ccc1SC1CCCC1. The summed E-state index contributed by atoms with van der Waals surface area (Å²) in [5.41, 5.74) is 0.268. The Hall–Kier alpha value is -2.07. The molecule has 0 heterocycles. The molecule has 1 atom stereocenters. The second-order valence-corrected chi connectivity index (χ2v) is 7.52. The highest BCUT2D eigenvalue weighted by molar-refractivity contribution is 8.00. The van der Waals surface area contributed by atoms with Gasteiger partial charge in [-0.3, -0.25) is 14.9 Å². The van der Waals surface area contributed by atoms with Crippen LogP contribution in [0.5, 0.6) is 0 Å². The summed E-state index contributed by atoms with van der Waals surface area (Å²) < 4.78 is 0. The molecule has 1 amide bonds. The van der Waals surface area contributed by atoms with Crippen LogP contribution in [0.25, 0.3) is 0 Å². The van der Waals surface area contributed by atoms with Gasteiger partial charge in [0.1, 0.15) is 0 Å². The lowest BCUT2D eigenvalue weighted by atomic mass is 10.1. The Bertz CT molecular complexity index is 666. The number of carbonyl (C=O) groups excluding carboxylic acids is 1. The zero-order chi connectivity index (χ0) is 17.7. The van der Waals surface area contributed by atoms with Crippen LogP contribution in [0.3, 0.4) is 0 Å². The molecule has 0 radical (unpaired) electrons. The van der Waals surface area contributed by atoms with Gasteiger partial charge in [0, 0.05) is 35.9 Å². The molecular weight excluding hydrogens is 326 g/mol. The predicted molar refractivity (Wildman–Crippen MR) is 92.9 cm³/mol. The predicted octanol–water partition coefficient (Wildman–Crippen LogP) is 3.86. The van der Waals surface area contributed by atoms with Crippen molar-refractivity contribution >= 4 is 23.4 Å². The first kappa shape index (κ1) is 18.3. The molecule has 0 spiro atoms. The van der Waals surface area contributed by atoms with Crippen molar-refractivity contribution in [1.29, 1.82) is 5.26 Å². The maximum atomic E-state index is 12.7. The zero-order valence-electron chi connectivity index (χ0n) is 13.9. The van der Waals surface area contributed by atoms with E-state index in [2.05, 4.69) is 6.07 Å². The van der Waals surface area contributed by atoms with Gasteiger partial charge in [0.25, 0.3) is 11.6 Å². The summed E-state index contributed by atoms with van der Waals surface area (Å²) in [6.07, 6.45) is 4.59. The third-order valence-corrected chi connectivity index (χ3v) is 5.53. The van der Waals surface area contributed by atoms with E-state index in [1.54, 1.807) is 31.8 Å². The van der Waals surface area contributed by atoms with Crippen LogP contribution in [0.2, 0.25) is 0 Å². The summed E-state index contributed by atoms with van der Waals surface area (Å²) in [5, 5.41) is 20.4. The van der Waals surface area contributed by atoms with Crippen LogP contribution in [-0.2, 0) is 0 Å². The Kier molecular flexibility index (Phi) is 6.21. The van der Waals surface area contributed by atoms with Gasteiger partial charge in [-0.1, -0.05) is 12.8 Å². The Morgan fingerprint density at radius 3 is 2.75 bits per heavy atom. The number of rotatable bonds is 6. The fraction of sp³-hybridized carbons (Fsp3) is 0.529. The second-order valence-electron chi connectivity index (χ2n) is 6.18. The summed E-state index contributed by atoms with van der Waals surface area (Å²) in [7, 11) is 1.62. The molecule has 0 unspecified atom stereocenters. The van der Waals surface area contributed by atoms with Crippen molar-refractivity contribution in [3.8, 4) is 6.07 Å². The van der Waals surface area contributed by atoms with Gasteiger partial charge >= 0.3 is 0 Å². The molecule has 128 valence electrons. The average Bonchev–Trinajstić information content (AvgIpc) is 3.07. The van der Waals surface area contributed by atoms with Gasteiger partial charge in [-0.25, -0.2) is 0 Å². The number of benzene rings is 1. The number of nitrogens with zero attached hydrogens (tertiary/aromatic N) is 3. The lowest BCUT2D eigenvalue weighted by molar-refractivity contribution is -0.384. The quantitative estimate of drug-likeness (QED) is 0.576. The van der Waals surface area contributed by atoms with E-state index < -0.39 is 4.92 Å². The molecule has 1 aliphatic carbocycles. The fourth-order valence-corrected chi connectivity index (χ4v) is 4.18. The minimum Gasteiger partial charge on any atom is -0.340 e. The van der Waals surface area contributed by atoms with Gasteiger partial charge in [-0.05, 0) is 25.8 Å². The molecule has 24 heavy (non-hydrogen) atoms. The molecule has 2 rings (SSSR count). The second kappa shape index (κ2) is 8.15. The smallest absolute Gasteiger partial charge is 0.270 e. The molecule has 1 fully saturated rings. The molecule has 0 bridgehead atoms.